The minimum absolute atomic E-state index is 0.0366. The van der Waals surface area contributed by atoms with Gasteiger partial charge in [0.1, 0.15) is 0 Å². The molecule has 0 aliphatic carbocycles. The molecule has 1 aromatic carbocycles. The van der Waals surface area contributed by atoms with Crippen LogP contribution in [-0.4, -0.2) is 28.2 Å². The largest absolute Gasteiger partial charge is 0.398 e. The van der Waals surface area contributed by atoms with Gasteiger partial charge in [-0.2, -0.15) is 0 Å². The molecule has 0 spiro atoms. The first-order valence-corrected chi connectivity index (χ1v) is 6.31. The maximum atomic E-state index is 12.2. The van der Waals surface area contributed by atoms with Crippen LogP contribution in [0.25, 0.3) is 0 Å². The van der Waals surface area contributed by atoms with Crippen molar-refractivity contribution in [3.63, 3.8) is 0 Å². The number of amides is 3. The van der Waals surface area contributed by atoms with Crippen LogP contribution >= 0.6 is 0 Å². The SMILES string of the molecule is CC(C)(N)CCC(=O)N1C(=O)c2cccc(N)c2C1=O. The first-order chi connectivity index (χ1) is 9.22. The summed E-state index contributed by atoms with van der Waals surface area (Å²) in [5.41, 5.74) is 11.5. The Labute approximate surface area is 116 Å². The van der Waals surface area contributed by atoms with Gasteiger partial charge in [-0.25, -0.2) is 4.90 Å². The Balaban J connectivity index is 2.25. The van der Waals surface area contributed by atoms with Crippen molar-refractivity contribution in [2.24, 2.45) is 5.73 Å². The average molecular weight is 275 g/mol. The highest BCUT2D eigenvalue weighted by Crippen LogP contribution is 2.28. The summed E-state index contributed by atoms with van der Waals surface area (Å²) >= 11 is 0. The molecule has 3 amide bonds. The Kier molecular flexibility index (Phi) is 3.35. The van der Waals surface area contributed by atoms with Crippen LogP contribution in [0.4, 0.5) is 5.69 Å². The molecule has 106 valence electrons. The fourth-order valence-electron chi connectivity index (χ4n) is 2.08. The summed E-state index contributed by atoms with van der Waals surface area (Å²) < 4.78 is 0. The monoisotopic (exact) mass is 275 g/mol. The molecule has 20 heavy (non-hydrogen) atoms. The van der Waals surface area contributed by atoms with Crippen molar-refractivity contribution in [3.8, 4) is 0 Å². The highest BCUT2D eigenvalue weighted by molar-refractivity contribution is 6.30. The Morgan fingerprint density at radius 3 is 2.45 bits per heavy atom. The number of anilines is 1. The van der Waals surface area contributed by atoms with Crippen LogP contribution in [0.1, 0.15) is 47.4 Å². The standard InChI is InChI=1S/C14H17N3O3/c1-14(2,16)7-6-10(18)17-12(19)8-4-3-5-9(15)11(8)13(17)20/h3-5H,6-7,15-16H2,1-2H3. The lowest BCUT2D eigenvalue weighted by Crippen LogP contribution is -2.39. The number of rotatable bonds is 3. The lowest BCUT2D eigenvalue weighted by molar-refractivity contribution is -0.126. The summed E-state index contributed by atoms with van der Waals surface area (Å²) in [6.45, 7) is 3.56. The zero-order valence-corrected chi connectivity index (χ0v) is 11.5. The summed E-state index contributed by atoms with van der Waals surface area (Å²) in [5.74, 6) is -1.81. The molecule has 1 aliphatic rings. The average Bonchev–Trinajstić information content (AvgIpc) is 2.59. The minimum Gasteiger partial charge on any atom is -0.398 e. The maximum Gasteiger partial charge on any atom is 0.270 e. The van der Waals surface area contributed by atoms with Gasteiger partial charge in [-0.1, -0.05) is 6.07 Å². The highest BCUT2D eigenvalue weighted by Gasteiger charge is 2.40. The molecule has 0 saturated carbocycles. The van der Waals surface area contributed by atoms with E-state index in [1.807, 2.05) is 0 Å². The number of fused-ring (bicyclic) bond motifs is 1. The third kappa shape index (κ3) is 2.42. The van der Waals surface area contributed by atoms with E-state index in [-0.39, 0.29) is 23.2 Å². The van der Waals surface area contributed by atoms with Crippen LogP contribution in [0.3, 0.4) is 0 Å². The van der Waals surface area contributed by atoms with Crippen LogP contribution < -0.4 is 11.5 Å². The fourth-order valence-corrected chi connectivity index (χ4v) is 2.08. The van der Waals surface area contributed by atoms with Crippen LogP contribution in [0, 0.1) is 0 Å². The number of benzene rings is 1. The van der Waals surface area contributed by atoms with Crippen molar-refractivity contribution in [2.45, 2.75) is 32.2 Å². The molecule has 0 fully saturated rings. The molecule has 0 saturated heterocycles. The second-order valence-corrected chi connectivity index (χ2v) is 5.60. The van der Waals surface area contributed by atoms with Crippen molar-refractivity contribution in [3.05, 3.63) is 29.3 Å². The number of carbonyl (C=O) groups is 3. The van der Waals surface area contributed by atoms with E-state index >= 15 is 0 Å². The van der Waals surface area contributed by atoms with Gasteiger partial charge in [0.2, 0.25) is 5.91 Å². The molecular weight excluding hydrogens is 258 g/mol. The predicted molar refractivity (Wildman–Crippen MR) is 73.9 cm³/mol. The molecule has 0 bridgehead atoms. The Morgan fingerprint density at radius 1 is 1.25 bits per heavy atom. The van der Waals surface area contributed by atoms with Crippen LogP contribution in [0.2, 0.25) is 0 Å². The van der Waals surface area contributed by atoms with Gasteiger partial charge in [0.25, 0.3) is 11.8 Å². The lowest BCUT2D eigenvalue weighted by Gasteiger charge is -2.19. The number of nitrogens with zero attached hydrogens (tertiary/aromatic N) is 1. The third-order valence-electron chi connectivity index (χ3n) is 3.18. The number of imide groups is 3. The summed E-state index contributed by atoms with van der Waals surface area (Å²) in [4.78, 5) is 37.0. The number of hydrogen-bond donors (Lipinski definition) is 2. The second kappa shape index (κ2) is 4.72. The smallest absolute Gasteiger partial charge is 0.270 e. The van der Waals surface area contributed by atoms with Crippen molar-refractivity contribution < 1.29 is 14.4 Å². The van der Waals surface area contributed by atoms with Gasteiger partial charge in [-0.3, -0.25) is 14.4 Å². The molecule has 0 radical (unpaired) electrons. The summed E-state index contributed by atoms with van der Waals surface area (Å²) in [5, 5.41) is 0. The molecule has 0 atom stereocenters. The Morgan fingerprint density at radius 2 is 1.90 bits per heavy atom. The molecule has 1 heterocycles. The highest BCUT2D eigenvalue weighted by atomic mass is 16.2. The number of carbonyl (C=O) groups excluding carboxylic acids is 3. The number of hydrogen-bond acceptors (Lipinski definition) is 5. The normalized spacial score (nSPS) is 14.7. The molecule has 4 N–H and O–H groups in total. The molecular formula is C14H17N3O3. The van der Waals surface area contributed by atoms with Crippen molar-refractivity contribution >= 4 is 23.4 Å². The van der Waals surface area contributed by atoms with Gasteiger partial charge < -0.3 is 11.5 Å². The summed E-state index contributed by atoms with van der Waals surface area (Å²) in [7, 11) is 0. The van der Waals surface area contributed by atoms with Gasteiger partial charge in [0.05, 0.1) is 11.1 Å². The van der Waals surface area contributed by atoms with E-state index in [1.165, 1.54) is 12.1 Å². The Hall–Kier alpha value is -2.21. The van der Waals surface area contributed by atoms with E-state index in [4.69, 9.17) is 11.5 Å². The molecule has 1 aromatic rings. The molecule has 0 unspecified atom stereocenters. The summed E-state index contributed by atoms with van der Waals surface area (Å²) in [6, 6.07) is 4.60. The lowest BCUT2D eigenvalue weighted by atomic mass is 10.00. The molecule has 6 heteroatoms. The van der Waals surface area contributed by atoms with E-state index in [0.29, 0.717) is 11.3 Å². The minimum atomic E-state index is -0.650. The molecule has 0 aromatic heterocycles. The van der Waals surface area contributed by atoms with Gasteiger partial charge in [-0.15, -0.1) is 0 Å². The van der Waals surface area contributed by atoms with E-state index in [9.17, 15) is 14.4 Å². The molecule has 6 nitrogen and oxygen atoms in total. The van der Waals surface area contributed by atoms with Gasteiger partial charge >= 0.3 is 0 Å². The van der Waals surface area contributed by atoms with Crippen molar-refractivity contribution in [2.75, 3.05) is 5.73 Å². The van der Waals surface area contributed by atoms with Crippen LogP contribution in [-0.2, 0) is 4.79 Å². The quantitative estimate of drug-likeness (QED) is 0.630. The van der Waals surface area contributed by atoms with E-state index < -0.39 is 23.3 Å². The topological polar surface area (TPSA) is 106 Å². The zero-order valence-electron chi connectivity index (χ0n) is 11.5. The van der Waals surface area contributed by atoms with E-state index in [1.54, 1.807) is 19.9 Å². The first-order valence-electron chi connectivity index (χ1n) is 6.31. The van der Waals surface area contributed by atoms with Crippen molar-refractivity contribution in [1.29, 1.82) is 0 Å². The van der Waals surface area contributed by atoms with Crippen molar-refractivity contribution in [1.82, 2.24) is 4.90 Å². The molecule has 2 rings (SSSR count). The first kappa shape index (κ1) is 14.2. The van der Waals surface area contributed by atoms with Gasteiger partial charge in [0.15, 0.2) is 0 Å². The zero-order chi connectivity index (χ0) is 15.1. The summed E-state index contributed by atoms with van der Waals surface area (Å²) in [6.07, 6.45) is 0.420. The number of nitrogens with two attached hydrogens (primary N) is 2. The third-order valence-corrected chi connectivity index (χ3v) is 3.18. The second-order valence-electron chi connectivity index (χ2n) is 5.60. The van der Waals surface area contributed by atoms with Gasteiger partial charge in [-0.05, 0) is 32.4 Å². The van der Waals surface area contributed by atoms with Gasteiger partial charge in [0, 0.05) is 17.6 Å². The van der Waals surface area contributed by atoms with E-state index in [0.717, 1.165) is 0 Å². The van der Waals surface area contributed by atoms with Crippen LogP contribution in [0.5, 0.6) is 0 Å². The fraction of sp³-hybridized carbons (Fsp3) is 0.357. The van der Waals surface area contributed by atoms with E-state index in [2.05, 4.69) is 0 Å². The number of nitrogen functional groups attached to an aromatic ring is 1. The predicted octanol–water partition coefficient (Wildman–Crippen LogP) is 0.909. The Bertz CT molecular complexity index is 602. The van der Waals surface area contributed by atoms with Crippen LogP contribution in [0.15, 0.2) is 18.2 Å². The maximum absolute atomic E-state index is 12.2. The molecule has 1 aliphatic heterocycles.